The summed E-state index contributed by atoms with van der Waals surface area (Å²) in [6.07, 6.45) is 5.05. The van der Waals surface area contributed by atoms with Crippen LogP contribution >= 0.6 is 0 Å². The van der Waals surface area contributed by atoms with Gasteiger partial charge in [0.25, 0.3) is 5.91 Å². The third kappa shape index (κ3) is 2.97. The lowest BCUT2D eigenvalue weighted by molar-refractivity contribution is -0.157. The van der Waals surface area contributed by atoms with Gasteiger partial charge in [-0.1, -0.05) is 12.1 Å². The first-order chi connectivity index (χ1) is 16.8. The van der Waals surface area contributed by atoms with Crippen molar-refractivity contribution in [1.82, 2.24) is 25.0 Å². The number of H-pyrrole nitrogens is 1. The second-order valence-electron chi connectivity index (χ2n) is 11.1. The van der Waals surface area contributed by atoms with Gasteiger partial charge in [-0.2, -0.15) is 0 Å². The van der Waals surface area contributed by atoms with Gasteiger partial charge in [-0.3, -0.25) is 14.4 Å². The van der Waals surface area contributed by atoms with Gasteiger partial charge in [0.05, 0.1) is 12.0 Å². The van der Waals surface area contributed by atoms with Crippen LogP contribution in [0.2, 0.25) is 0 Å². The molecule has 9 nitrogen and oxygen atoms in total. The lowest BCUT2D eigenvalue weighted by atomic mass is 9.72. The molecular formula is C26H31N5O4. The molecule has 2 N–H and O–H groups in total. The predicted octanol–water partition coefficient (Wildman–Crippen LogP) is 1.15. The molecule has 184 valence electrons. The highest BCUT2D eigenvalue weighted by Gasteiger charge is 2.58. The number of amides is 3. The average Bonchev–Trinajstić information content (AvgIpc) is 3.54. The highest BCUT2D eigenvalue weighted by Crippen LogP contribution is 2.44. The molecule has 0 radical (unpaired) electrons. The Morgan fingerprint density at radius 2 is 2.09 bits per heavy atom. The highest BCUT2D eigenvalue weighted by atomic mass is 16.6. The van der Waals surface area contributed by atoms with Gasteiger partial charge in [0, 0.05) is 42.1 Å². The molecule has 7 rings (SSSR count). The number of aromatic nitrogens is 1. The fraction of sp³-hybridized carbons (Fsp3) is 0.577. The van der Waals surface area contributed by atoms with Crippen LogP contribution in [0.3, 0.4) is 0 Å². The van der Waals surface area contributed by atoms with Crippen LogP contribution in [0.4, 0.5) is 0 Å². The minimum atomic E-state index is -1.45. The van der Waals surface area contributed by atoms with Gasteiger partial charge < -0.3 is 29.7 Å². The van der Waals surface area contributed by atoms with Crippen molar-refractivity contribution in [2.75, 3.05) is 26.7 Å². The summed E-state index contributed by atoms with van der Waals surface area (Å²) >= 11 is 0. The molecule has 1 aliphatic carbocycles. The molecular weight excluding hydrogens is 446 g/mol. The van der Waals surface area contributed by atoms with Gasteiger partial charge >= 0.3 is 0 Å². The first-order valence-electron chi connectivity index (χ1n) is 12.7. The number of hydrogen-bond donors (Lipinski definition) is 2. The minimum absolute atomic E-state index is 0.0182. The Morgan fingerprint density at radius 1 is 1.23 bits per heavy atom. The van der Waals surface area contributed by atoms with E-state index in [1.54, 1.807) is 6.92 Å². The summed E-state index contributed by atoms with van der Waals surface area (Å²) in [6, 6.07) is 6.60. The molecule has 4 fully saturated rings. The van der Waals surface area contributed by atoms with Crippen molar-refractivity contribution < 1.29 is 19.1 Å². The van der Waals surface area contributed by atoms with Crippen LogP contribution in [0.5, 0.6) is 0 Å². The average molecular weight is 478 g/mol. The van der Waals surface area contributed by atoms with Crippen LogP contribution < -0.4 is 5.32 Å². The molecule has 5 aliphatic rings. The van der Waals surface area contributed by atoms with Gasteiger partial charge in [-0.05, 0) is 56.8 Å². The summed E-state index contributed by atoms with van der Waals surface area (Å²) in [4.78, 5) is 48.5. The number of carbonyl (C=O) groups excluding carboxylic acids is 3. The van der Waals surface area contributed by atoms with E-state index in [0.29, 0.717) is 19.1 Å². The summed E-state index contributed by atoms with van der Waals surface area (Å²) in [6.45, 7) is 3.00. The Morgan fingerprint density at radius 3 is 2.94 bits per heavy atom. The number of fused-ring (bicyclic) bond motifs is 5. The molecule has 9 heteroatoms. The number of hydrogen-bond acceptors (Lipinski definition) is 5. The van der Waals surface area contributed by atoms with Crippen molar-refractivity contribution in [3.63, 3.8) is 0 Å². The maximum Gasteiger partial charge on any atom is 0.278 e. The van der Waals surface area contributed by atoms with Gasteiger partial charge in [0.1, 0.15) is 6.54 Å². The molecule has 0 saturated carbocycles. The van der Waals surface area contributed by atoms with E-state index in [0.717, 1.165) is 31.2 Å². The topological polar surface area (TPSA) is 98.0 Å². The molecule has 35 heavy (non-hydrogen) atoms. The number of piperidine rings is 1. The van der Waals surface area contributed by atoms with E-state index >= 15 is 0 Å². The molecule has 1 aromatic carbocycles. The third-order valence-corrected chi connectivity index (χ3v) is 9.05. The molecule has 3 amide bonds. The van der Waals surface area contributed by atoms with E-state index < -0.39 is 12.0 Å². The number of piperazine rings is 1. The third-order valence-electron chi connectivity index (χ3n) is 9.05. The Bertz CT molecular complexity index is 1260. The Balaban J connectivity index is 1.13. The first kappa shape index (κ1) is 21.4. The largest absolute Gasteiger partial charge is 0.361 e. The summed E-state index contributed by atoms with van der Waals surface area (Å²) in [7, 11) is 2.09. The van der Waals surface area contributed by atoms with Crippen molar-refractivity contribution >= 4 is 28.6 Å². The van der Waals surface area contributed by atoms with Crippen LogP contribution in [0.1, 0.15) is 43.2 Å². The molecule has 2 unspecified atom stereocenters. The molecule has 5 heterocycles. The number of aromatic amines is 1. The second kappa shape index (κ2) is 7.30. The summed E-state index contributed by atoms with van der Waals surface area (Å²) in [5, 5.41) is 4.26. The van der Waals surface area contributed by atoms with E-state index in [9.17, 15) is 14.4 Å². The minimum Gasteiger partial charge on any atom is -0.361 e. The van der Waals surface area contributed by atoms with E-state index in [1.807, 2.05) is 4.90 Å². The van der Waals surface area contributed by atoms with E-state index in [-0.39, 0.29) is 42.1 Å². The maximum atomic E-state index is 13.6. The van der Waals surface area contributed by atoms with Gasteiger partial charge in [0.2, 0.25) is 17.5 Å². The molecule has 0 spiro atoms. The second-order valence-corrected chi connectivity index (χ2v) is 11.1. The SMILES string of the molecule is CN1C[C@H](C(=O)N[C@]2(C)OC3[C@@H]4CCCN4C(=O)CN3C2=O)CC2c3cccc4[nH]cc(c34)C[C@H]21. The zero-order valence-corrected chi connectivity index (χ0v) is 20.1. The number of rotatable bonds is 2. The Labute approximate surface area is 203 Å². The number of nitrogens with zero attached hydrogens (tertiary/aromatic N) is 3. The summed E-state index contributed by atoms with van der Waals surface area (Å²) in [5.41, 5.74) is 2.35. The summed E-state index contributed by atoms with van der Waals surface area (Å²) < 4.78 is 6.24. The lowest BCUT2D eigenvalue weighted by Crippen LogP contribution is -2.59. The number of benzene rings is 1. The highest BCUT2D eigenvalue weighted by molar-refractivity contribution is 5.95. The van der Waals surface area contributed by atoms with Crippen molar-refractivity contribution in [2.45, 2.75) is 62.6 Å². The quantitative estimate of drug-likeness (QED) is 0.676. The van der Waals surface area contributed by atoms with Crippen molar-refractivity contribution in [3.05, 3.63) is 35.5 Å². The van der Waals surface area contributed by atoms with Crippen molar-refractivity contribution in [3.8, 4) is 0 Å². The van der Waals surface area contributed by atoms with Gasteiger partial charge in [-0.15, -0.1) is 0 Å². The Kier molecular flexibility index (Phi) is 4.46. The molecule has 6 atom stereocenters. The molecule has 1 aromatic heterocycles. The first-order valence-corrected chi connectivity index (χ1v) is 12.7. The fourth-order valence-electron chi connectivity index (χ4n) is 7.38. The summed E-state index contributed by atoms with van der Waals surface area (Å²) in [5.74, 6) is -0.523. The van der Waals surface area contributed by atoms with Crippen LogP contribution in [0.25, 0.3) is 10.9 Å². The normalized spacial score (nSPS) is 36.3. The Hall–Kier alpha value is -2.91. The van der Waals surface area contributed by atoms with Crippen molar-refractivity contribution in [2.24, 2.45) is 5.92 Å². The standard InChI is InChI=1S/C26H31N5O4/c1-26(25(34)31-13-21(32)30-8-4-7-19(30)24(31)35-26)28-23(33)15-9-17-16-5-3-6-18-22(16)14(11-27-18)10-20(17)29(2)12-15/h3,5-6,11,15,17,19-20,24,27H,4,7-10,12-13H2,1-2H3,(H,28,33)/t15-,17?,19+,20-,24?,26-/m1/s1. The number of nitrogens with one attached hydrogen (secondary N) is 2. The molecule has 4 saturated heterocycles. The lowest BCUT2D eigenvalue weighted by Gasteiger charge is -2.45. The monoisotopic (exact) mass is 477 g/mol. The molecule has 0 bridgehead atoms. The predicted molar refractivity (Wildman–Crippen MR) is 127 cm³/mol. The van der Waals surface area contributed by atoms with Crippen LogP contribution in [-0.4, -0.2) is 88.1 Å². The number of carbonyl (C=O) groups is 3. The number of likely N-dealkylation sites (N-methyl/N-ethyl adjacent to an activating group) is 1. The van der Waals surface area contributed by atoms with Gasteiger partial charge in [-0.25, -0.2) is 0 Å². The number of likely N-dealkylation sites (tertiary alicyclic amines) is 1. The smallest absolute Gasteiger partial charge is 0.278 e. The maximum absolute atomic E-state index is 13.6. The zero-order chi connectivity index (χ0) is 24.1. The molecule has 4 aliphatic heterocycles. The van der Waals surface area contributed by atoms with E-state index in [2.05, 4.69) is 46.6 Å². The molecule has 2 aromatic rings. The van der Waals surface area contributed by atoms with E-state index in [1.165, 1.54) is 21.4 Å². The zero-order valence-electron chi connectivity index (χ0n) is 20.1. The van der Waals surface area contributed by atoms with Crippen LogP contribution in [-0.2, 0) is 25.5 Å². The fourth-order valence-corrected chi connectivity index (χ4v) is 7.38. The van der Waals surface area contributed by atoms with Crippen LogP contribution in [0, 0.1) is 5.92 Å². The number of ether oxygens (including phenoxy) is 1. The van der Waals surface area contributed by atoms with E-state index in [4.69, 9.17) is 4.74 Å². The van der Waals surface area contributed by atoms with Crippen molar-refractivity contribution in [1.29, 1.82) is 0 Å². The van der Waals surface area contributed by atoms with Crippen LogP contribution in [0.15, 0.2) is 24.4 Å². The van der Waals surface area contributed by atoms with Gasteiger partial charge in [0.15, 0.2) is 6.23 Å².